The molecule has 0 saturated heterocycles. The molecule has 0 aliphatic carbocycles. The van der Waals surface area contributed by atoms with Crippen molar-refractivity contribution in [1.82, 2.24) is 0 Å². The van der Waals surface area contributed by atoms with Gasteiger partial charge in [-0.25, -0.2) is 0 Å². The van der Waals surface area contributed by atoms with Gasteiger partial charge in [-0.1, -0.05) is 0 Å². The van der Waals surface area contributed by atoms with Gasteiger partial charge in [0.2, 0.25) is 17.7 Å². The van der Waals surface area contributed by atoms with E-state index in [1.807, 2.05) is 112 Å². The molecule has 0 aliphatic rings. The van der Waals surface area contributed by atoms with Crippen LogP contribution in [0.15, 0.2) is 91.0 Å². The normalized spacial score (nSPS) is 10.7. The number of ether oxygens (including phenoxy) is 9. The fourth-order valence-corrected chi connectivity index (χ4v) is 6.40. The Morgan fingerprint density at radius 1 is 0.302 bits per heavy atom. The monoisotopic (exact) mass is 868 g/mol. The van der Waals surface area contributed by atoms with Gasteiger partial charge in [0.05, 0.1) is 59.5 Å². The molecule has 12 nitrogen and oxygen atoms in total. The molecular weight excluding hydrogens is 799 g/mol. The van der Waals surface area contributed by atoms with E-state index in [4.69, 9.17) is 58.9 Å². The van der Waals surface area contributed by atoms with Gasteiger partial charge < -0.3 is 42.6 Å². The van der Waals surface area contributed by atoms with E-state index in [2.05, 4.69) is 0 Å². The van der Waals surface area contributed by atoms with Crippen LogP contribution in [0, 0.1) is 16.2 Å². The Kier molecular flexibility index (Phi) is 23.8. The largest absolute Gasteiger partial charge is 0.494 e. The summed E-state index contributed by atoms with van der Waals surface area (Å²) >= 11 is 0. The average molecular weight is 868 g/mol. The van der Waals surface area contributed by atoms with Crippen LogP contribution < -0.4 is 28.4 Å². The second-order valence-electron chi connectivity index (χ2n) is 14.8. The van der Waals surface area contributed by atoms with Gasteiger partial charge >= 0.3 is 0 Å². The predicted octanol–water partition coefficient (Wildman–Crippen LogP) is 11.8. The lowest BCUT2D eigenvalue weighted by Gasteiger charge is -2.14. The minimum Gasteiger partial charge on any atom is -0.494 e. The van der Waals surface area contributed by atoms with Gasteiger partial charge in [0.1, 0.15) is 34.5 Å². The fourth-order valence-electron chi connectivity index (χ4n) is 6.40. The summed E-state index contributed by atoms with van der Waals surface area (Å²) in [4.78, 5) is 0. The number of unbranched alkanes of at least 4 members (excludes halogenated alkanes) is 9. The minimum atomic E-state index is 0.174. The Morgan fingerprint density at radius 3 is 0.714 bits per heavy atom. The highest BCUT2D eigenvalue weighted by atomic mass is 16.5. The molecule has 12 heteroatoms. The van der Waals surface area contributed by atoms with Crippen molar-refractivity contribution in [2.75, 3.05) is 59.5 Å². The molecule has 0 heterocycles. The lowest BCUT2D eigenvalue weighted by Crippen LogP contribution is -2.05. The molecule has 0 fully saturated rings. The van der Waals surface area contributed by atoms with Crippen molar-refractivity contribution in [2.45, 2.75) is 97.8 Å². The van der Waals surface area contributed by atoms with E-state index in [0.29, 0.717) is 59.5 Å². The summed E-state index contributed by atoms with van der Waals surface area (Å²) in [7, 11) is 0. The van der Waals surface area contributed by atoms with Gasteiger partial charge in [-0.05, 0) is 171 Å². The molecule has 4 rings (SSSR count). The summed E-state index contributed by atoms with van der Waals surface area (Å²) in [5, 5.41) is 23.7. The topological polar surface area (TPSA) is 155 Å². The van der Waals surface area contributed by atoms with E-state index in [1.54, 1.807) is 0 Å². The van der Waals surface area contributed by atoms with Crippen LogP contribution in [-0.2, 0) is 14.2 Å². The van der Waals surface area contributed by atoms with Crippen molar-refractivity contribution in [3.05, 3.63) is 108 Å². The van der Waals surface area contributed by atoms with Crippen molar-refractivity contribution >= 4 is 17.7 Å². The SMILES string of the molecule is CCOC(=N)c1ccc(OCCCCCCOc2cc(OCCCCCCOc3ccc(C(=N)OCC)cc3)cc(OCCCCCCOc3ccc(C(=N)OCC)cc3)c2)cc1. The van der Waals surface area contributed by atoms with Gasteiger partial charge in [-0.2, -0.15) is 0 Å². The first-order chi connectivity index (χ1) is 30.9. The molecule has 0 saturated carbocycles. The van der Waals surface area contributed by atoms with Crippen LogP contribution in [0.2, 0.25) is 0 Å². The zero-order valence-corrected chi connectivity index (χ0v) is 37.7. The van der Waals surface area contributed by atoms with Crippen molar-refractivity contribution in [3.8, 4) is 34.5 Å². The van der Waals surface area contributed by atoms with Crippen LogP contribution in [0.3, 0.4) is 0 Å². The molecule has 3 N–H and O–H groups in total. The third kappa shape index (κ3) is 20.2. The number of benzene rings is 4. The molecule has 0 radical (unpaired) electrons. The van der Waals surface area contributed by atoms with E-state index in [1.165, 1.54) is 0 Å². The molecule has 0 bridgehead atoms. The van der Waals surface area contributed by atoms with Crippen LogP contribution in [0.4, 0.5) is 0 Å². The van der Waals surface area contributed by atoms with Gasteiger partial charge in [0.25, 0.3) is 0 Å². The lowest BCUT2D eigenvalue weighted by atomic mass is 10.2. The van der Waals surface area contributed by atoms with E-state index in [9.17, 15) is 0 Å². The molecule has 63 heavy (non-hydrogen) atoms. The summed E-state index contributed by atoms with van der Waals surface area (Å²) in [5.74, 6) is 5.13. The van der Waals surface area contributed by atoms with Crippen molar-refractivity contribution in [3.63, 3.8) is 0 Å². The highest BCUT2D eigenvalue weighted by Crippen LogP contribution is 2.29. The van der Waals surface area contributed by atoms with Crippen LogP contribution >= 0.6 is 0 Å². The highest BCUT2D eigenvalue weighted by molar-refractivity contribution is 5.92. The van der Waals surface area contributed by atoms with E-state index < -0.39 is 0 Å². The highest BCUT2D eigenvalue weighted by Gasteiger charge is 2.08. The molecule has 4 aromatic carbocycles. The zero-order valence-electron chi connectivity index (χ0n) is 37.7. The standard InChI is InChI=1S/C51H69N3O9/c1-4-55-49(52)40-19-25-43(26-20-40)58-31-13-7-10-16-34-61-46-37-47(62-35-17-11-8-14-32-59-44-27-21-41(22-28-44)50(53)56-5-2)39-48(38-46)63-36-18-12-9-15-33-60-45-29-23-42(24-30-45)51(54)57-6-3/h19-30,37-39,52-54H,4-18,31-36H2,1-3H3. The van der Waals surface area contributed by atoms with Crippen LogP contribution in [0.25, 0.3) is 0 Å². The molecule has 4 aromatic rings. The fraction of sp³-hybridized carbons (Fsp3) is 0.471. The zero-order chi connectivity index (χ0) is 44.7. The third-order valence-electron chi connectivity index (χ3n) is 9.80. The first-order valence-corrected chi connectivity index (χ1v) is 22.8. The smallest absolute Gasteiger partial charge is 0.213 e. The number of hydrogen-bond donors (Lipinski definition) is 3. The summed E-state index contributed by atoms with van der Waals surface area (Å²) in [6, 6.07) is 28.2. The number of rotatable bonds is 33. The van der Waals surface area contributed by atoms with Gasteiger partial charge in [0, 0.05) is 34.9 Å². The van der Waals surface area contributed by atoms with Gasteiger partial charge in [0.15, 0.2) is 0 Å². The summed E-state index contributed by atoms with van der Waals surface area (Å²) in [6.45, 7) is 10.8. The predicted molar refractivity (Wildman–Crippen MR) is 250 cm³/mol. The van der Waals surface area contributed by atoms with Crippen LogP contribution in [0.5, 0.6) is 34.5 Å². The van der Waals surface area contributed by atoms with E-state index in [0.717, 1.165) is 128 Å². The third-order valence-corrected chi connectivity index (χ3v) is 9.80. The molecular formula is C51H69N3O9. The van der Waals surface area contributed by atoms with Crippen molar-refractivity contribution in [1.29, 1.82) is 16.2 Å². The van der Waals surface area contributed by atoms with E-state index in [-0.39, 0.29) is 17.7 Å². The van der Waals surface area contributed by atoms with Gasteiger partial charge in [-0.15, -0.1) is 0 Å². The molecule has 342 valence electrons. The summed E-state index contributed by atoms with van der Waals surface area (Å²) < 4.78 is 52.1. The Morgan fingerprint density at radius 2 is 0.508 bits per heavy atom. The van der Waals surface area contributed by atoms with Gasteiger partial charge in [-0.3, -0.25) is 16.2 Å². The summed E-state index contributed by atoms with van der Waals surface area (Å²) in [6.07, 6.45) is 11.8. The first kappa shape index (κ1) is 49.7. The maximum atomic E-state index is 7.91. The maximum Gasteiger partial charge on any atom is 0.213 e. The number of hydrogen-bond acceptors (Lipinski definition) is 12. The minimum absolute atomic E-state index is 0.174. The van der Waals surface area contributed by atoms with E-state index >= 15 is 0 Å². The second-order valence-corrected chi connectivity index (χ2v) is 14.8. The maximum absolute atomic E-state index is 7.91. The Balaban J connectivity index is 1.14. The van der Waals surface area contributed by atoms with Crippen molar-refractivity contribution in [2.24, 2.45) is 0 Å². The molecule has 0 atom stereocenters. The Labute approximate surface area is 375 Å². The van der Waals surface area contributed by atoms with Crippen LogP contribution in [-0.4, -0.2) is 77.2 Å². The average Bonchev–Trinajstić information content (AvgIpc) is 3.30. The second kappa shape index (κ2) is 30.2. The Hall–Kier alpha value is -5.91. The number of nitrogens with one attached hydrogen (secondary N) is 3. The molecule has 0 aromatic heterocycles. The molecule has 0 amide bonds. The van der Waals surface area contributed by atoms with Crippen molar-refractivity contribution < 1.29 is 42.6 Å². The Bertz CT molecular complexity index is 1660. The molecule has 0 spiro atoms. The first-order valence-electron chi connectivity index (χ1n) is 22.8. The lowest BCUT2D eigenvalue weighted by molar-refractivity contribution is 0.269. The van der Waals surface area contributed by atoms with Crippen LogP contribution in [0.1, 0.15) is 115 Å². The molecule has 0 unspecified atom stereocenters. The quantitative estimate of drug-likeness (QED) is 0.0241. The summed E-state index contributed by atoms with van der Waals surface area (Å²) in [5.41, 5.74) is 2.22. The molecule has 0 aliphatic heterocycles.